The van der Waals surface area contributed by atoms with Crippen LogP contribution in [0.25, 0.3) is 0 Å². The first-order valence-electron chi connectivity index (χ1n) is 7.97. The van der Waals surface area contributed by atoms with Crippen LogP contribution in [0.5, 0.6) is 0 Å². The number of hydrogen-bond donors (Lipinski definition) is 2. The third kappa shape index (κ3) is 2.61. The Morgan fingerprint density at radius 3 is 2.50 bits per heavy atom. The van der Waals surface area contributed by atoms with Gasteiger partial charge in [0.25, 0.3) is 5.91 Å². The summed E-state index contributed by atoms with van der Waals surface area (Å²) < 4.78 is 22.5. The summed E-state index contributed by atoms with van der Waals surface area (Å²) in [6.45, 7) is 0. The number of amides is 1. The second-order valence-corrected chi connectivity index (χ2v) is 8.06. The van der Waals surface area contributed by atoms with E-state index in [0.717, 1.165) is 12.8 Å². The summed E-state index contributed by atoms with van der Waals surface area (Å²) in [5.74, 6) is 0.739. The molecule has 124 valence electrons. The maximum atomic E-state index is 12.4. The predicted octanol–water partition coefficient (Wildman–Crippen LogP) is 1.79. The second kappa shape index (κ2) is 5.43. The molecule has 0 heterocycles. The van der Waals surface area contributed by atoms with E-state index >= 15 is 0 Å². The Labute approximate surface area is 140 Å². The van der Waals surface area contributed by atoms with Crippen LogP contribution in [0.2, 0.25) is 0 Å². The lowest BCUT2D eigenvalue weighted by molar-refractivity contribution is 0.0948. The van der Waals surface area contributed by atoms with E-state index in [4.69, 9.17) is 5.14 Å². The van der Waals surface area contributed by atoms with Crippen LogP contribution >= 0.6 is 0 Å². The van der Waals surface area contributed by atoms with E-state index in [1.165, 1.54) is 35.4 Å². The van der Waals surface area contributed by atoms with Crippen LogP contribution in [0.4, 0.5) is 0 Å². The highest BCUT2D eigenvalue weighted by Gasteiger charge is 2.53. The van der Waals surface area contributed by atoms with Crippen LogP contribution < -0.4 is 10.5 Å². The number of benzene rings is 2. The molecule has 2 aromatic carbocycles. The molecule has 0 spiro atoms. The number of fused-ring (bicyclic) bond motifs is 3. The summed E-state index contributed by atoms with van der Waals surface area (Å²) in [7, 11) is -3.74. The van der Waals surface area contributed by atoms with Crippen molar-refractivity contribution >= 4 is 15.9 Å². The largest absolute Gasteiger partial charge is 0.348 e. The number of rotatable bonds is 3. The Morgan fingerprint density at radius 2 is 1.79 bits per heavy atom. The van der Waals surface area contributed by atoms with E-state index in [2.05, 4.69) is 23.5 Å². The van der Waals surface area contributed by atoms with Crippen molar-refractivity contribution in [3.63, 3.8) is 0 Å². The zero-order valence-electron chi connectivity index (χ0n) is 13.0. The molecule has 2 aliphatic rings. The summed E-state index contributed by atoms with van der Waals surface area (Å²) in [5.41, 5.74) is 3.18. The third-order valence-electron chi connectivity index (χ3n) is 5.07. The van der Waals surface area contributed by atoms with Crippen LogP contribution in [0.3, 0.4) is 0 Å². The quantitative estimate of drug-likeness (QED) is 0.891. The molecule has 0 aliphatic heterocycles. The van der Waals surface area contributed by atoms with Gasteiger partial charge in [-0.05, 0) is 54.2 Å². The molecule has 0 radical (unpaired) electrons. The van der Waals surface area contributed by atoms with Gasteiger partial charge in [-0.2, -0.15) is 0 Å². The first-order valence-corrected chi connectivity index (χ1v) is 9.51. The highest BCUT2D eigenvalue weighted by atomic mass is 32.2. The molecular formula is C18H18N2O3S. The number of nitrogens with one attached hydrogen (secondary N) is 1. The van der Waals surface area contributed by atoms with Gasteiger partial charge in [-0.15, -0.1) is 0 Å². The normalized spacial score (nSPS) is 24.6. The van der Waals surface area contributed by atoms with Crippen LogP contribution in [0.1, 0.15) is 33.8 Å². The number of aryl methyl sites for hydroxylation is 1. The van der Waals surface area contributed by atoms with Crippen LogP contribution in [0, 0.1) is 5.92 Å². The molecule has 3 N–H and O–H groups in total. The average molecular weight is 342 g/mol. The van der Waals surface area contributed by atoms with Gasteiger partial charge in [0.1, 0.15) is 0 Å². The first-order chi connectivity index (χ1) is 11.4. The first kappa shape index (κ1) is 15.4. The summed E-state index contributed by atoms with van der Waals surface area (Å²) in [5, 5.41) is 8.16. The lowest BCUT2D eigenvalue weighted by atomic mass is 9.92. The fraction of sp³-hybridized carbons (Fsp3) is 0.278. The summed E-state index contributed by atoms with van der Waals surface area (Å²) >= 11 is 0. The second-order valence-electron chi connectivity index (χ2n) is 6.50. The summed E-state index contributed by atoms with van der Waals surface area (Å²) in [6, 6.07) is 14.3. The highest BCUT2D eigenvalue weighted by molar-refractivity contribution is 7.89. The fourth-order valence-corrected chi connectivity index (χ4v) is 4.31. The monoisotopic (exact) mass is 342 g/mol. The van der Waals surface area contributed by atoms with E-state index in [0.29, 0.717) is 17.4 Å². The van der Waals surface area contributed by atoms with Crippen molar-refractivity contribution in [1.82, 2.24) is 5.32 Å². The minimum Gasteiger partial charge on any atom is -0.348 e. The molecule has 4 rings (SSSR count). The molecule has 5 nitrogen and oxygen atoms in total. The van der Waals surface area contributed by atoms with E-state index in [-0.39, 0.29) is 16.8 Å². The van der Waals surface area contributed by atoms with Gasteiger partial charge in [-0.1, -0.05) is 24.3 Å². The van der Waals surface area contributed by atoms with Crippen molar-refractivity contribution in [2.24, 2.45) is 11.1 Å². The number of nitrogens with two attached hydrogens (primary N) is 1. The average Bonchev–Trinajstić information content (AvgIpc) is 3.27. The number of primary sulfonamides is 1. The lowest BCUT2D eigenvalue weighted by Gasteiger charge is -2.13. The Kier molecular flexibility index (Phi) is 3.47. The molecule has 0 unspecified atom stereocenters. The molecule has 0 bridgehead atoms. The van der Waals surface area contributed by atoms with Gasteiger partial charge in [0.05, 0.1) is 4.90 Å². The Balaban J connectivity index is 1.49. The summed E-state index contributed by atoms with van der Waals surface area (Å²) in [6.07, 6.45) is 2.16. The van der Waals surface area contributed by atoms with E-state index < -0.39 is 10.0 Å². The Morgan fingerprint density at radius 1 is 1.08 bits per heavy atom. The molecule has 2 aromatic rings. The third-order valence-corrected chi connectivity index (χ3v) is 6.00. The molecule has 2 aliphatic carbocycles. The lowest BCUT2D eigenvalue weighted by Crippen LogP contribution is -2.27. The Bertz CT molecular complexity index is 906. The number of hydrogen-bond acceptors (Lipinski definition) is 3. The van der Waals surface area contributed by atoms with E-state index in [1.807, 2.05) is 6.07 Å². The van der Waals surface area contributed by atoms with Gasteiger partial charge in [-0.25, -0.2) is 13.6 Å². The number of carbonyl (C=O) groups is 1. The Hall–Kier alpha value is -2.18. The minimum atomic E-state index is -3.74. The molecule has 6 heteroatoms. The minimum absolute atomic E-state index is 0.00747. The molecule has 1 amide bonds. The molecule has 3 atom stereocenters. The fourth-order valence-electron chi connectivity index (χ4n) is 3.79. The van der Waals surface area contributed by atoms with Crippen molar-refractivity contribution in [1.29, 1.82) is 0 Å². The van der Waals surface area contributed by atoms with Gasteiger partial charge in [-0.3, -0.25) is 4.79 Å². The molecule has 0 aromatic heterocycles. The topological polar surface area (TPSA) is 89.3 Å². The number of carbonyl (C=O) groups excluding carboxylic acids is 1. The van der Waals surface area contributed by atoms with E-state index in [1.54, 1.807) is 0 Å². The van der Waals surface area contributed by atoms with Crippen molar-refractivity contribution < 1.29 is 13.2 Å². The van der Waals surface area contributed by atoms with Gasteiger partial charge < -0.3 is 5.32 Å². The molecule has 1 fully saturated rings. The zero-order chi connectivity index (χ0) is 16.9. The highest BCUT2D eigenvalue weighted by Crippen LogP contribution is 2.54. The van der Waals surface area contributed by atoms with Crippen LogP contribution in [-0.2, 0) is 16.4 Å². The van der Waals surface area contributed by atoms with Gasteiger partial charge >= 0.3 is 0 Å². The predicted molar refractivity (Wildman–Crippen MR) is 90.1 cm³/mol. The molecular weight excluding hydrogens is 324 g/mol. The standard InChI is InChI=1S/C18H18N2O3S/c19-24(22,23)13-8-5-12(6-9-13)18(21)20-17-15-10-7-11-3-1-2-4-14(11)16(15)17/h1-6,8-9,15-17H,7,10H2,(H,20,21)(H2,19,22,23)/t15-,16-,17+/m0/s1. The van der Waals surface area contributed by atoms with Crippen LogP contribution in [-0.4, -0.2) is 20.4 Å². The summed E-state index contributed by atoms with van der Waals surface area (Å²) in [4.78, 5) is 12.4. The van der Waals surface area contributed by atoms with Crippen LogP contribution in [0.15, 0.2) is 53.4 Å². The van der Waals surface area contributed by atoms with Crippen molar-refractivity contribution in [2.75, 3.05) is 0 Å². The van der Waals surface area contributed by atoms with Gasteiger partial charge in [0.2, 0.25) is 10.0 Å². The van der Waals surface area contributed by atoms with Gasteiger partial charge in [0.15, 0.2) is 0 Å². The van der Waals surface area contributed by atoms with Gasteiger partial charge in [0, 0.05) is 17.5 Å². The smallest absolute Gasteiger partial charge is 0.251 e. The maximum absolute atomic E-state index is 12.4. The van der Waals surface area contributed by atoms with Crippen molar-refractivity contribution in [2.45, 2.75) is 29.7 Å². The van der Waals surface area contributed by atoms with E-state index in [9.17, 15) is 13.2 Å². The molecule has 1 saturated carbocycles. The maximum Gasteiger partial charge on any atom is 0.251 e. The zero-order valence-corrected chi connectivity index (χ0v) is 13.8. The number of sulfonamides is 1. The van der Waals surface area contributed by atoms with Crippen molar-refractivity contribution in [3.8, 4) is 0 Å². The molecule has 0 saturated heterocycles. The van der Waals surface area contributed by atoms with Crippen molar-refractivity contribution in [3.05, 3.63) is 65.2 Å². The SMILES string of the molecule is NS(=O)(=O)c1ccc(C(=O)N[C@@H]2[C@H]3CCc4ccccc4[C@@H]32)cc1. The molecule has 24 heavy (non-hydrogen) atoms.